The van der Waals surface area contributed by atoms with E-state index in [9.17, 15) is 8.42 Å². The van der Waals surface area contributed by atoms with E-state index in [4.69, 9.17) is 8.94 Å². The third-order valence-corrected chi connectivity index (χ3v) is 6.16. The molecule has 3 heterocycles. The van der Waals surface area contributed by atoms with Crippen molar-refractivity contribution in [1.82, 2.24) is 14.9 Å². The van der Waals surface area contributed by atoms with Crippen LogP contribution in [-0.4, -0.2) is 18.6 Å². The van der Waals surface area contributed by atoms with E-state index in [2.05, 4.69) is 14.9 Å². The molecule has 1 N–H and O–H groups in total. The highest BCUT2D eigenvalue weighted by Crippen LogP contribution is 2.29. The smallest absolute Gasteiger partial charge is 0.274 e. The summed E-state index contributed by atoms with van der Waals surface area (Å²) in [6.45, 7) is 7.74. The highest BCUT2D eigenvalue weighted by atomic mass is 32.2. The second-order valence-corrected chi connectivity index (χ2v) is 8.61. The van der Waals surface area contributed by atoms with Crippen molar-refractivity contribution >= 4 is 21.4 Å². The summed E-state index contributed by atoms with van der Waals surface area (Å²) in [5, 5.41) is 4.62. The van der Waals surface area contributed by atoms with Gasteiger partial charge in [-0.2, -0.15) is 0 Å². The summed E-state index contributed by atoms with van der Waals surface area (Å²) in [6, 6.07) is 2.98. The van der Waals surface area contributed by atoms with Crippen LogP contribution in [0.15, 0.2) is 26.2 Å². The molecule has 0 unspecified atom stereocenters. The van der Waals surface area contributed by atoms with Crippen LogP contribution in [0.25, 0.3) is 11.5 Å². The van der Waals surface area contributed by atoms with Crippen molar-refractivity contribution in [2.45, 2.75) is 45.8 Å². The van der Waals surface area contributed by atoms with Crippen LogP contribution in [0.3, 0.4) is 0 Å². The van der Waals surface area contributed by atoms with Gasteiger partial charge in [0.15, 0.2) is 5.76 Å². The number of thiazole rings is 1. The third kappa shape index (κ3) is 3.53. The maximum atomic E-state index is 12.5. The molecule has 3 aromatic rings. The van der Waals surface area contributed by atoms with Crippen LogP contribution >= 0.6 is 11.3 Å². The van der Waals surface area contributed by atoms with Crippen molar-refractivity contribution in [3.8, 4) is 11.5 Å². The molecule has 0 aliphatic carbocycles. The predicted octanol–water partition coefficient (Wildman–Crippen LogP) is 3.36. The molecule has 0 aromatic carbocycles. The largest absolute Gasteiger partial charge is 0.440 e. The van der Waals surface area contributed by atoms with E-state index in [0.29, 0.717) is 11.5 Å². The molecule has 25 heavy (non-hydrogen) atoms. The molecule has 0 aliphatic rings. The van der Waals surface area contributed by atoms with E-state index < -0.39 is 10.0 Å². The summed E-state index contributed by atoms with van der Waals surface area (Å²) in [5.74, 6) is 0.770. The van der Waals surface area contributed by atoms with Crippen LogP contribution in [0.5, 0.6) is 0 Å². The van der Waals surface area contributed by atoms with Crippen molar-refractivity contribution in [3.05, 3.63) is 39.0 Å². The van der Waals surface area contributed by atoms with E-state index in [1.807, 2.05) is 27.7 Å². The predicted molar refractivity (Wildman–Crippen MR) is 93.9 cm³/mol. The number of nitrogens with zero attached hydrogens (tertiary/aromatic N) is 2. The Kier molecular flexibility index (Phi) is 4.81. The van der Waals surface area contributed by atoms with E-state index >= 15 is 0 Å². The zero-order valence-electron chi connectivity index (χ0n) is 14.4. The molecule has 0 aliphatic heterocycles. The minimum Gasteiger partial charge on any atom is -0.440 e. The Bertz CT molecular complexity index is 999. The lowest BCUT2D eigenvalue weighted by atomic mass is 10.2. The lowest BCUT2D eigenvalue weighted by Crippen LogP contribution is -2.22. The number of sulfonamides is 1. The van der Waals surface area contributed by atoms with Gasteiger partial charge in [0.05, 0.1) is 16.4 Å². The Balaban J connectivity index is 1.80. The molecule has 0 amide bonds. The summed E-state index contributed by atoms with van der Waals surface area (Å²) in [4.78, 5) is 5.31. The van der Waals surface area contributed by atoms with Gasteiger partial charge in [0.25, 0.3) is 10.0 Å². The first kappa shape index (κ1) is 17.8. The highest BCUT2D eigenvalue weighted by molar-refractivity contribution is 7.89. The second kappa shape index (κ2) is 6.74. The van der Waals surface area contributed by atoms with Gasteiger partial charge in [0, 0.05) is 17.0 Å². The summed E-state index contributed by atoms with van der Waals surface area (Å²) in [6.07, 6.45) is 0.760. The highest BCUT2D eigenvalue weighted by Gasteiger charge is 2.22. The van der Waals surface area contributed by atoms with Crippen LogP contribution in [0.1, 0.15) is 33.8 Å². The van der Waals surface area contributed by atoms with Crippen LogP contribution in [0, 0.1) is 20.8 Å². The second-order valence-electron chi connectivity index (χ2n) is 5.62. The van der Waals surface area contributed by atoms with Gasteiger partial charge in [0.2, 0.25) is 10.9 Å². The number of nitrogens with one attached hydrogen (secondary N) is 1. The number of hydrogen-bond acceptors (Lipinski definition) is 7. The minimum atomic E-state index is -3.77. The first-order chi connectivity index (χ1) is 11.8. The number of hydrogen-bond donors (Lipinski definition) is 1. The van der Waals surface area contributed by atoms with E-state index in [0.717, 1.165) is 33.3 Å². The third-order valence-electron chi connectivity index (χ3n) is 3.87. The zero-order chi connectivity index (χ0) is 18.2. The summed E-state index contributed by atoms with van der Waals surface area (Å²) in [7, 11) is -3.77. The molecule has 134 valence electrons. The summed E-state index contributed by atoms with van der Waals surface area (Å²) >= 11 is 1.49. The Hall–Kier alpha value is -1.97. The van der Waals surface area contributed by atoms with E-state index in [-0.39, 0.29) is 11.6 Å². The van der Waals surface area contributed by atoms with Gasteiger partial charge in [-0.3, -0.25) is 0 Å². The van der Waals surface area contributed by atoms with Gasteiger partial charge in [-0.15, -0.1) is 11.3 Å². The first-order valence-electron chi connectivity index (χ1n) is 7.79. The monoisotopic (exact) mass is 381 g/mol. The van der Waals surface area contributed by atoms with Crippen LogP contribution < -0.4 is 4.72 Å². The maximum Gasteiger partial charge on any atom is 0.274 e. The van der Waals surface area contributed by atoms with Gasteiger partial charge < -0.3 is 8.94 Å². The van der Waals surface area contributed by atoms with Crippen LogP contribution in [0.4, 0.5) is 0 Å². The van der Waals surface area contributed by atoms with Crippen molar-refractivity contribution in [1.29, 1.82) is 0 Å². The van der Waals surface area contributed by atoms with Gasteiger partial charge in [-0.05, 0) is 39.3 Å². The van der Waals surface area contributed by atoms with Gasteiger partial charge in [-0.1, -0.05) is 12.1 Å². The van der Waals surface area contributed by atoms with E-state index in [1.165, 1.54) is 17.4 Å². The number of rotatable bonds is 6. The Labute approximate surface area is 150 Å². The molecule has 0 spiro atoms. The van der Waals surface area contributed by atoms with Crippen molar-refractivity contribution in [2.24, 2.45) is 0 Å². The first-order valence-corrected chi connectivity index (χ1v) is 10.1. The molecule has 0 saturated carbocycles. The fourth-order valence-corrected chi connectivity index (χ4v) is 4.37. The lowest BCUT2D eigenvalue weighted by molar-refractivity contribution is 0.397. The maximum absolute atomic E-state index is 12.5. The molecular formula is C16H19N3O4S2. The van der Waals surface area contributed by atoms with Crippen LogP contribution in [0.2, 0.25) is 0 Å². The molecule has 0 fully saturated rings. The van der Waals surface area contributed by atoms with Gasteiger partial charge in [0.1, 0.15) is 0 Å². The summed E-state index contributed by atoms with van der Waals surface area (Å²) < 4.78 is 38.2. The topological polar surface area (TPSA) is 98.2 Å². The van der Waals surface area contributed by atoms with Crippen molar-refractivity contribution in [3.63, 3.8) is 0 Å². The Morgan fingerprint density at radius 1 is 1.24 bits per heavy atom. The molecule has 3 rings (SSSR count). The van der Waals surface area contributed by atoms with E-state index in [1.54, 1.807) is 6.07 Å². The standard InChI is InChI=1S/C16H19N3O4S2/c1-5-12-14(24-11(4)18-12)8-17-25(20,21)15-7-6-13(22-15)16-9(2)10(3)19-23-16/h6-7,17H,5,8H2,1-4H3. The molecule has 0 saturated heterocycles. The fraction of sp³-hybridized carbons (Fsp3) is 0.375. The lowest BCUT2D eigenvalue weighted by Gasteiger charge is -2.03. The molecular weight excluding hydrogens is 362 g/mol. The molecule has 9 heteroatoms. The quantitative estimate of drug-likeness (QED) is 0.703. The Morgan fingerprint density at radius 3 is 2.64 bits per heavy atom. The summed E-state index contributed by atoms with van der Waals surface area (Å²) in [5.41, 5.74) is 2.47. The molecule has 0 atom stereocenters. The fourth-order valence-electron chi connectivity index (χ4n) is 2.39. The molecule has 0 bridgehead atoms. The van der Waals surface area contributed by atoms with Gasteiger partial charge >= 0.3 is 0 Å². The number of aryl methyl sites for hydroxylation is 3. The molecule has 3 aromatic heterocycles. The minimum absolute atomic E-state index is 0.157. The van der Waals surface area contributed by atoms with Crippen molar-refractivity contribution < 1.29 is 17.4 Å². The average molecular weight is 381 g/mol. The van der Waals surface area contributed by atoms with Gasteiger partial charge in [-0.25, -0.2) is 18.1 Å². The molecule has 0 radical (unpaired) electrons. The van der Waals surface area contributed by atoms with Crippen molar-refractivity contribution in [2.75, 3.05) is 0 Å². The number of aromatic nitrogens is 2. The number of furan rings is 1. The molecule has 7 nitrogen and oxygen atoms in total. The average Bonchev–Trinajstić information content (AvgIpc) is 3.26. The Morgan fingerprint density at radius 2 is 2.00 bits per heavy atom. The zero-order valence-corrected chi connectivity index (χ0v) is 16.0. The SMILES string of the molecule is CCc1nc(C)sc1CNS(=O)(=O)c1ccc(-c2onc(C)c2C)o1. The van der Waals surface area contributed by atoms with Crippen LogP contribution in [-0.2, 0) is 23.0 Å². The normalized spacial score (nSPS) is 12.0.